The first-order chi connectivity index (χ1) is 11.4. The molecule has 0 saturated heterocycles. The number of esters is 2. The van der Waals surface area contributed by atoms with E-state index in [0.29, 0.717) is 16.5 Å². The average Bonchev–Trinajstić information content (AvgIpc) is 2.91. The number of benzene rings is 1. The standard InChI is InChI=1S/C17H19NO6/c1-4-22-17(21)15-13(12-7-5-6-8-14(12)24-15)9-23-16(20)10(2)18-11(3)19/h5-8,10H,4,9H2,1-3H3,(H,18,19)/t10-/m1/s1. The van der Waals surface area contributed by atoms with E-state index in [-0.39, 0.29) is 24.9 Å². The van der Waals surface area contributed by atoms with E-state index in [0.717, 1.165) is 0 Å². The van der Waals surface area contributed by atoms with E-state index in [1.807, 2.05) is 0 Å². The molecule has 2 rings (SSSR count). The molecule has 1 heterocycles. The van der Waals surface area contributed by atoms with Gasteiger partial charge in [-0.15, -0.1) is 0 Å². The van der Waals surface area contributed by atoms with Crippen LogP contribution in [0.3, 0.4) is 0 Å². The third-order valence-corrected chi connectivity index (χ3v) is 3.29. The van der Waals surface area contributed by atoms with Crippen LogP contribution < -0.4 is 5.32 Å². The van der Waals surface area contributed by atoms with Crippen molar-refractivity contribution in [1.29, 1.82) is 0 Å². The molecule has 0 spiro atoms. The van der Waals surface area contributed by atoms with Crippen LogP contribution in [0.5, 0.6) is 0 Å². The number of rotatable bonds is 6. The fraction of sp³-hybridized carbons (Fsp3) is 0.353. The second-order valence-corrected chi connectivity index (χ2v) is 5.16. The molecule has 0 aliphatic heterocycles. The summed E-state index contributed by atoms with van der Waals surface area (Å²) >= 11 is 0. The van der Waals surface area contributed by atoms with Crippen molar-refractivity contribution in [2.45, 2.75) is 33.4 Å². The van der Waals surface area contributed by atoms with E-state index in [9.17, 15) is 14.4 Å². The summed E-state index contributed by atoms with van der Waals surface area (Å²) in [6.07, 6.45) is 0. The van der Waals surface area contributed by atoms with Crippen molar-refractivity contribution in [3.8, 4) is 0 Å². The van der Waals surface area contributed by atoms with Gasteiger partial charge in [-0.3, -0.25) is 4.79 Å². The Morgan fingerprint density at radius 2 is 1.92 bits per heavy atom. The summed E-state index contributed by atoms with van der Waals surface area (Å²) in [5, 5.41) is 3.11. The zero-order valence-corrected chi connectivity index (χ0v) is 13.8. The summed E-state index contributed by atoms with van der Waals surface area (Å²) in [7, 11) is 0. The van der Waals surface area contributed by atoms with Gasteiger partial charge in [-0.05, 0) is 19.9 Å². The molecular weight excluding hydrogens is 314 g/mol. The quantitative estimate of drug-likeness (QED) is 0.814. The van der Waals surface area contributed by atoms with Crippen LogP contribution in [0.25, 0.3) is 11.0 Å². The highest BCUT2D eigenvalue weighted by molar-refractivity contribution is 5.96. The van der Waals surface area contributed by atoms with Crippen LogP contribution in [-0.2, 0) is 25.7 Å². The van der Waals surface area contributed by atoms with Crippen molar-refractivity contribution in [2.75, 3.05) is 6.61 Å². The maximum Gasteiger partial charge on any atom is 0.374 e. The molecule has 1 aromatic carbocycles. The number of amides is 1. The van der Waals surface area contributed by atoms with Crippen LogP contribution in [0.1, 0.15) is 36.9 Å². The first kappa shape index (κ1) is 17.5. The number of carbonyl (C=O) groups is 3. The predicted octanol–water partition coefficient (Wildman–Crippen LogP) is 2.18. The summed E-state index contributed by atoms with van der Waals surface area (Å²) in [4.78, 5) is 35.0. The van der Waals surface area contributed by atoms with Gasteiger partial charge in [0.25, 0.3) is 0 Å². The molecular formula is C17H19NO6. The molecule has 1 amide bonds. The zero-order chi connectivity index (χ0) is 17.7. The number of hydrogen-bond acceptors (Lipinski definition) is 6. The van der Waals surface area contributed by atoms with E-state index in [2.05, 4.69) is 5.32 Å². The summed E-state index contributed by atoms with van der Waals surface area (Å²) in [6.45, 7) is 4.56. The minimum absolute atomic E-state index is 0.0121. The van der Waals surface area contributed by atoms with Gasteiger partial charge in [-0.1, -0.05) is 18.2 Å². The van der Waals surface area contributed by atoms with Crippen LogP contribution in [0.2, 0.25) is 0 Å². The molecule has 0 unspecified atom stereocenters. The molecule has 0 aliphatic carbocycles. The maximum atomic E-state index is 12.0. The SMILES string of the molecule is CCOC(=O)c1oc2ccccc2c1COC(=O)[C@@H](C)NC(C)=O. The highest BCUT2D eigenvalue weighted by atomic mass is 16.5. The molecule has 128 valence electrons. The van der Waals surface area contributed by atoms with Crippen LogP contribution in [-0.4, -0.2) is 30.5 Å². The molecule has 0 radical (unpaired) electrons. The number of para-hydroxylation sites is 1. The Labute approximate surface area is 138 Å². The van der Waals surface area contributed by atoms with Crippen LogP contribution >= 0.6 is 0 Å². The lowest BCUT2D eigenvalue weighted by Crippen LogP contribution is -2.38. The van der Waals surface area contributed by atoms with Crippen molar-refractivity contribution in [1.82, 2.24) is 5.32 Å². The summed E-state index contributed by atoms with van der Waals surface area (Å²) in [5.41, 5.74) is 0.939. The van der Waals surface area contributed by atoms with Gasteiger partial charge in [-0.2, -0.15) is 0 Å². The van der Waals surface area contributed by atoms with E-state index < -0.39 is 18.0 Å². The molecule has 1 aromatic heterocycles. The Kier molecular flexibility index (Phi) is 5.57. The maximum absolute atomic E-state index is 12.0. The van der Waals surface area contributed by atoms with Crippen LogP contribution in [0, 0.1) is 0 Å². The Morgan fingerprint density at radius 1 is 1.21 bits per heavy atom. The van der Waals surface area contributed by atoms with E-state index in [1.165, 1.54) is 13.8 Å². The monoisotopic (exact) mass is 333 g/mol. The molecule has 24 heavy (non-hydrogen) atoms. The summed E-state index contributed by atoms with van der Waals surface area (Å²) < 4.78 is 15.7. The Bertz CT molecular complexity index is 764. The zero-order valence-electron chi connectivity index (χ0n) is 13.8. The highest BCUT2D eigenvalue weighted by Crippen LogP contribution is 2.27. The lowest BCUT2D eigenvalue weighted by Gasteiger charge is -2.12. The lowest BCUT2D eigenvalue weighted by atomic mass is 10.1. The van der Waals surface area contributed by atoms with Crippen molar-refractivity contribution in [2.24, 2.45) is 0 Å². The second-order valence-electron chi connectivity index (χ2n) is 5.16. The number of fused-ring (bicyclic) bond motifs is 1. The number of hydrogen-bond donors (Lipinski definition) is 1. The van der Waals surface area contributed by atoms with Gasteiger partial charge in [-0.25, -0.2) is 9.59 Å². The molecule has 2 aromatic rings. The van der Waals surface area contributed by atoms with Gasteiger partial charge in [0.1, 0.15) is 18.2 Å². The Morgan fingerprint density at radius 3 is 2.58 bits per heavy atom. The number of ether oxygens (including phenoxy) is 2. The molecule has 0 bridgehead atoms. The van der Waals surface area contributed by atoms with Crippen molar-refractivity contribution in [3.63, 3.8) is 0 Å². The fourth-order valence-electron chi connectivity index (χ4n) is 2.24. The van der Waals surface area contributed by atoms with Gasteiger partial charge in [0.05, 0.1) is 12.2 Å². The van der Waals surface area contributed by atoms with Gasteiger partial charge < -0.3 is 19.2 Å². The van der Waals surface area contributed by atoms with Gasteiger partial charge in [0.2, 0.25) is 11.7 Å². The number of nitrogens with one attached hydrogen (secondary N) is 1. The van der Waals surface area contributed by atoms with Gasteiger partial charge >= 0.3 is 11.9 Å². The van der Waals surface area contributed by atoms with Crippen molar-refractivity contribution < 1.29 is 28.3 Å². The smallest absolute Gasteiger partial charge is 0.374 e. The van der Waals surface area contributed by atoms with E-state index in [4.69, 9.17) is 13.9 Å². The average molecular weight is 333 g/mol. The van der Waals surface area contributed by atoms with Crippen LogP contribution in [0.15, 0.2) is 28.7 Å². The number of carbonyl (C=O) groups excluding carboxylic acids is 3. The molecule has 0 saturated carbocycles. The van der Waals surface area contributed by atoms with Crippen LogP contribution in [0.4, 0.5) is 0 Å². The predicted molar refractivity (Wildman–Crippen MR) is 85.2 cm³/mol. The summed E-state index contributed by atoms with van der Waals surface area (Å²) in [6, 6.07) is 6.25. The normalized spacial score (nSPS) is 11.8. The summed E-state index contributed by atoms with van der Waals surface area (Å²) in [5.74, 6) is -1.54. The minimum atomic E-state index is -0.785. The first-order valence-electron chi connectivity index (χ1n) is 7.55. The first-order valence-corrected chi connectivity index (χ1v) is 7.55. The van der Waals surface area contributed by atoms with Gasteiger partial charge in [0, 0.05) is 12.3 Å². The Balaban J connectivity index is 2.23. The van der Waals surface area contributed by atoms with E-state index in [1.54, 1.807) is 31.2 Å². The molecule has 0 aliphatic rings. The lowest BCUT2D eigenvalue weighted by molar-refractivity contribution is -0.148. The third-order valence-electron chi connectivity index (χ3n) is 3.29. The molecule has 7 heteroatoms. The fourth-order valence-corrected chi connectivity index (χ4v) is 2.24. The topological polar surface area (TPSA) is 94.8 Å². The molecule has 1 atom stereocenters. The molecule has 7 nitrogen and oxygen atoms in total. The highest BCUT2D eigenvalue weighted by Gasteiger charge is 2.23. The van der Waals surface area contributed by atoms with Crippen molar-refractivity contribution in [3.05, 3.63) is 35.6 Å². The molecule has 0 fully saturated rings. The Hall–Kier alpha value is -2.83. The minimum Gasteiger partial charge on any atom is -0.460 e. The molecule has 1 N–H and O–H groups in total. The largest absolute Gasteiger partial charge is 0.460 e. The van der Waals surface area contributed by atoms with Gasteiger partial charge in [0.15, 0.2) is 0 Å². The van der Waals surface area contributed by atoms with Crippen molar-refractivity contribution >= 4 is 28.8 Å². The van der Waals surface area contributed by atoms with E-state index >= 15 is 0 Å². The second kappa shape index (κ2) is 7.63. The third kappa shape index (κ3) is 3.92. The number of furan rings is 1.